The molecular formula is C13H20N4O4. The predicted molar refractivity (Wildman–Crippen MR) is 74.8 cm³/mol. The van der Waals surface area contributed by atoms with Gasteiger partial charge in [0, 0.05) is 6.54 Å². The van der Waals surface area contributed by atoms with E-state index in [0.29, 0.717) is 24.2 Å². The summed E-state index contributed by atoms with van der Waals surface area (Å²) in [6.45, 7) is 3.24. The molecule has 0 saturated heterocycles. The van der Waals surface area contributed by atoms with Gasteiger partial charge in [-0.3, -0.25) is 19.6 Å². The number of hydrogen-bond donors (Lipinski definition) is 2. The smallest absolute Gasteiger partial charge is 0.312 e. The number of carbonyl (C=O) groups is 1. The van der Waals surface area contributed by atoms with Crippen molar-refractivity contribution in [3.63, 3.8) is 0 Å². The normalized spacial score (nSPS) is 16.9. The van der Waals surface area contributed by atoms with Gasteiger partial charge in [0.2, 0.25) is 5.91 Å². The zero-order valence-corrected chi connectivity index (χ0v) is 12.3. The standard InChI is InChI=1S/C13H20N4O4/c1-9-12(17(20)21)10(2)16(15-9)7-11(18)14-8-13(19)5-3-4-6-13/h19H,3-8H2,1-2H3,(H,14,18). The molecule has 1 aliphatic rings. The molecule has 2 N–H and O–H groups in total. The number of nitrogens with one attached hydrogen (secondary N) is 1. The third-order valence-corrected chi connectivity index (χ3v) is 3.97. The van der Waals surface area contributed by atoms with Crippen LogP contribution in [0.1, 0.15) is 37.1 Å². The summed E-state index contributed by atoms with van der Waals surface area (Å²) in [5.74, 6) is -0.309. The van der Waals surface area contributed by atoms with Gasteiger partial charge in [0.05, 0.1) is 10.5 Å². The van der Waals surface area contributed by atoms with Crippen molar-refractivity contribution in [2.75, 3.05) is 6.54 Å². The molecule has 0 atom stereocenters. The van der Waals surface area contributed by atoms with Gasteiger partial charge >= 0.3 is 5.69 Å². The van der Waals surface area contributed by atoms with E-state index in [-0.39, 0.29) is 24.7 Å². The Bertz CT molecular complexity index is 561. The molecule has 1 aromatic rings. The van der Waals surface area contributed by atoms with Gasteiger partial charge in [0.25, 0.3) is 0 Å². The number of nitrogens with zero attached hydrogens (tertiary/aromatic N) is 3. The molecule has 0 aromatic carbocycles. The van der Waals surface area contributed by atoms with E-state index < -0.39 is 10.5 Å². The molecule has 0 aliphatic heterocycles. The van der Waals surface area contributed by atoms with Crippen LogP contribution >= 0.6 is 0 Å². The molecule has 1 aliphatic carbocycles. The number of carbonyl (C=O) groups excluding carboxylic acids is 1. The summed E-state index contributed by atoms with van der Waals surface area (Å²) in [5.41, 5.74) is -0.222. The summed E-state index contributed by atoms with van der Waals surface area (Å²) >= 11 is 0. The summed E-state index contributed by atoms with van der Waals surface area (Å²) < 4.78 is 1.32. The van der Waals surface area contributed by atoms with E-state index in [0.717, 1.165) is 12.8 Å². The van der Waals surface area contributed by atoms with Crippen LogP contribution in [0.2, 0.25) is 0 Å². The highest BCUT2D eigenvalue weighted by Gasteiger charge is 2.31. The van der Waals surface area contributed by atoms with Crippen LogP contribution < -0.4 is 5.32 Å². The van der Waals surface area contributed by atoms with Crippen LogP contribution in [0.15, 0.2) is 0 Å². The first-order valence-corrected chi connectivity index (χ1v) is 7.00. The van der Waals surface area contributed by atoms with Crippen LogP contribution in [0.25, 0.3) is 0 Å². The molecule has 116 valence electrons. The molecule has 1 aromatic heterocycles. The lowest BCUT2D eigenvalue weighted by atomic mass is 10.0. The van der Waals surface area contributed by atoms with Gasteiger partial charge in [-0.25, -0.2) is 0 Å². The maximum Gasteiger partial charge on any atom is 0.312 e. The maximum absolute atomic E-state index is 11.9. The average Bonchev–Trinajstić information content (AvgIpc) is 2.93. The van der Waals surface area contributed by atoms with Gasteiger partial charge in [-0.05, 0) is 26.7 Å². The average molecular weight is 296 g/mol. The highest BCUT2D eigenvalue weighted by atomic mass is 16.6. The van der Waals surface area contributed by atoms with E-state index in [1.165, 1.54) is 4.68 Å². The summed E-state index contributed by atoms with van der Waals surface area (Å²) in [6, 6.07) is 0. The minimum Gasteiger partial charge on any atom is -0.388 e. The maximum atomic E-state index is 11.9. The van der Waals surface area contributed by atoms with Crippen molar-refractivity contribution >= 4 is 11.6 Å². The summed E-state index contributed by atoms with van der Waals surface area (Å²) in [4.78, 5) is 22.3. The van der Waals surface area contributed by atoms with Crippen molar-refractivity contribution in [3.05, 3.63) is 21.5 Å². The number of aryl methyl sites for hydroxylation is 1. The lowest BCUT2D eigenvalue weighted by Gasteiger charge is -2.22. The summed E-state index contributed by atoms with van der Waals surface area (Å²) in [7, 11) is 0. The van der Waals surface area contributed by atoms with Crippen LogP contribution in [-0.2, 0) is 11.3 Å². The van der Waals surface area contributed by atoms with Gasteiger partial charge in [-0.2, -0.15) is 5.10 Å². The number of amides is 1. The van der Waals surface area contributed by atoms with Crippen LogP contribution in [0, 0.1) is 24.0 Å². The SMILES string of the molecule is Cc1nn(CC(=O)NCC2(O)CCCC2)c(C)c1[N+](=O)[O-]. The third-order valence-electron chi connectivity index (χ3n) is 3.97. The number of rotatable bonds is 5. The summed E-state index contributed by atoms with van der Waals surface area (Å²) in [5, 5.41) is 27.8. The molecule has 0 bridgehead atoms. The highest BCUT2D eigenvalue weighted by molar-refractivity contribution is 5.76. The predicted octanol–water partition coefficient (Wildman–Crippen LogP) is 0.829. The number of nitro groups is 1. The lowest BCUT2D eigenvalue weighted by Crippen LogP contribution is -2.42. The number of aliphatic hydroxyl groups is 1. The quantitative estimate of drug-likeness (QED) is 0.617. The number of hydrogen-bond acceptors (Lipinski definition) is 5. The van der Waals surface area contributed by atoms with Crippen molar-refractivity contribution in [3.8, 4) is 0 Å². The van der Waals surface area contributed by atoms with Crippen molar-refractivity contribution < 1.29 is 14.8 Å². The molecule has 8 heteroatoms. The Morgan fingerprint density at radius 2 is 2.10 bits per heavy atom. The monoisotopic (exact) mass is 296 g/mol. The van der Waals surface area contributed by atoms with Crippen LogP contribution in [-0.4, -0.2) is 37.9 Å². The second-order valence-corrected chi connectivity index (χ2v) is 5.64. The van der Waals surface area contributed by atoms with E-state index in [4.69, 9.17) is 0 Å². The first-order valence-electron chi connectivity index (χ1n) is 7.00. The van der Waals surface area contributed by atoms with Gasteiger partial charge in [-0.1, -0.05) is 12.8 Å². The zero-order chi connectivity index (χ0) is 15.6. The Hall–Kier alpha value is -1.96. The molecule has 0 spiro atoms. The number of aromatic nitrogens is 2. The second-order valence-electron chi connectivity index (χ2n) is 5.64. The largest absolute Gasteiger partial charge is 0.388 e. The fourth-order valence-corrected chi connectivity index (χ4v) is 2.77. The van der Waals surface area contributed by atoms with Crippen LogP contribution in [0.3, 0.4) is 0 Å². The molecule has 0 unspecified atom stereocenters. The molecule has 1 saturated carbocycles. The molecular weight excluding hydrogens is 276 g/mol. The van der Waals surface area contributed by atoms with Crippen molar-refractivity contribution in [2.45, 2.75) is 51.7 Å². The Morgan fingerprint density at radius 3 is 2.62 bits per heavy atom. The van der Waals surface area contributed by atoms with Gasteiger partial charge in [-0.15, -0.1) is 0 Å². The van der Waals surface area contributed by atoms with E-state index in [9.17, 15) is 20.0 Å². The summed E-state index contributed by atoms with van der Waals surface area (Å²) in [6.07, 6.45) is 3.32. The molecule has 1 heterocycles. The Balaban J connectivity index is 1.97. The van der Waals surface area contributed by atoms with Crippen molar-refractivity contribution in [1.29, 1.82) is 0 Å². The first-order chi connectivity index (χ1) is 9.82. The van der Waals surface area contributed by atoms with Crippen molar-refractivity contribution in [1.82, 2.24) is 15.1 Å². The fourth-order valence-electron chi connectivity index (χ4n) is 2.77. The molecule has 1 fully saturated rings. The van der Waals surface area contributed by atoms with Gasteiger partial charge < -0.3 is 10.4 Å². The Morgan fingerprint density at radius 1 is 1.48 bits per heavy atom. The highest BCUT2D eigenvalue weighted by Crippen LogP contribution is 2.28. The Labute approximate surface area is 122 Å². The lowest BCUT2D eigenvalue weighted by molar-refractivity contribution is -0.386. The third kappa shape index (κ3) is 3.38. The molecule has 21 heavy (non-hydrogen) atoms. The Kier molecular flexibility index (Phi) is 4.26. The topological polar surface area (TPSA) is 110 Å². The zero-order valence-electron chi connectivity index (χ0n) is 12.3. The van der Waals surface area contributed by atoms with Crippen LogP contribution in [0.5, 0.6) is 0 Å². The first kappa shape index (κ1) is 15.4. The molecule has 2 rings (SSSR count). The second kappa shape index (κ2) is 5.80. The van der Waals surface area contributed by atoms with Gasteiger partial charge in [0.1, 0.15) is 17.9 Å². The van der Waals surface area contributed by atoms with E-state index in [2.05, 4.69) is 10.4 Å². The minimum atomic E-state index is -0.809. The molecule has 8 nitrogen and oxygen atoms in total. The van der Waals surface area contributed by atoms with E-state index in [1.807, 2.05) is 0 Å². The molecule has 1 amide bonds. The van der Waals surface area contributed by atoms with Crippen molar-refractivity contribution in [2.24, 2.45) is 0 Å². The van der Waals surface area contributed by atoms with E-state index >= 15 is 0 Å². The molecule has 0 radical (unpaired) electrons. The van der Waals surface area contributed by atoms with Crippen LogP contribution in [0.4, 0.5) is 5.69 Å². The van der Waals surface area contributed by atoms with E-state index in [1.54, 1.807) is 13.8 Å². The fraction of sp³-hybridized carbons (Fsp3) is 0.692. The van der Waals surface area contributed by atoms with Gasteiger partial charge in [0.15, 0.2) is 0 Å². The minimum absolute atomic E-state index is 0.0581.